The van der Waals surface area contributed by atoms with Gasteiger partial charge in [0, 0.05) is 19.5 Å². The smallest absolute Gasteiger partial charge is 0.319 e. The fourth-order valence-corrected chi connectivity index (χ4v) is 6.11. The number of hydrogen-bond donors (Lipinski definition) is 0. The maximum absolute atomic E-state index is 15.3. The SMILES string of the molecule is Fc1c(Br)c(Cl)c2c3c(nc(OC[C@@]45CCCN4C[C@H](F)C5)nc13)N1CCOC[C@H]1CO2. The van der Waals surface area contributed by atoms with Gasteiger partial charge in [-0.15, -0.1) is 0 Å². The van der Waals surface area contributed by atoms with Gasteiger partial charge >= 0.3 is 6.01 Å². The molecule has 0 bridgehead atoms. The quantitative estimate of drug-likeness (QED) is 0.559. The van der Waals surface area contributed by atoms with E-state index in [1.807, 2.05) is 4.90 Å². The van der Waals surface area contributed by atoms with Crippen molar-refractivity contribution in [2.24, 2.45) is 0 Å². The Balaban J connectivity index is 1.44. The van der Waals surface area contributed by atoms with Crippen molar-refractivity contribution in [3.63, 3.8) is 0 Å². The van der Waals surface area contributed by atoms with Crippen molar-refractivity contribution in [1.29, 1.82) is 0 Å². The van der Waals surface area contributed by atoms with Crippen molar-refractivity contribution in [3.05, 3.63) is 15.3 Å². The molecule has 7 nitrogen and oxygen atoms in total. The van der Waals surface area contributed by atoms with Gasteiger partial charge in [0.1, 0.15) is 35.7 Å². The average molecular weight is 532 g/mol. The second-order valence-electron chi connectivity index (χ2n) is 8.92. The van der Waals surface area contributed by atoms with Gasteiger partial charge in [-0.25, -0.2) is 8.78 Å². The van der Waals surface area contributed by atoms with Crippen molar-refractivity contribution in [2.45, 2.75) is 37.0 Å². The Morgan fingerprint density at radius 1 is 1.28 bits per heavy atom. The maximum Gasteiger partial charge on any atom is 0.319 e. The zero-order valence-corrected chi connectivity index (χ0v) is 19.6. The summed E-state index contributed by atoms with van der Waals surface area (Å²) in [5, 5.41) is 0.576. The first kappa shape index (κ1) is 21.1. The molecule has 6 rings (SSSR count). The number of halogens is 4. The number of nitrogens with zero attached hydrogens (tertiary/aromatic N) is 4. The molecule has 5 heterocycles. The average Bonchev–Trinajstić information content (AvgIpc) is 3.25. The molecule has 4 aliphatic rings. The summed E-state index contributed by atoms with van der Waals surface area (Å²) in [6.45, 7) is 3.46. The van der Waals surface area contributed by atoms with Gasteiger partial charge in [-0.2, -0.15) is 9.97 Å². The molecule has 32 heavy (non-hydrogen) atoms. The molecule has 1 aromatic carbocycles. The highest BCUT2D eigenvalue weighted by molar-refractivity contribution is 9.10. The van der Waals surface area contributed by atoms with Crippen molar-refractivity contribution in [2.75, 3.05) is 51.0 Å². The van der Waals surface area contributed by atoms with Crippen LogP contribution in [0.3, 0.4) is 0 Å². The number of hydrogen-bond acceptors (Lipinski definition) is 7. The van der Waals surface area contributed by atoms with Gasteiger partial charge in [0.15, 0.2) is 11.6 Å². The zero-order valence-electron chi connectivity index (χ0n) is 17.3. The Labute approximate surface area is 197 Å². The van der Waals surface area contributed by atoms with E-state index in [1.165, 1.54) is 0 Å². The van der Waals surface area contributed by atoms with E-state index in [4.69, 9.17) is 25.8 Å². The lowest BCUT2D eigenvalue weighted by atomic mass is 9.95. The number of morpholine rings is 1. The summed E-state index contributed by atoms with van der Waals surface area (Å²) in [6.07, 6.45) is 1.46. The number of anilines is 1. The number of rotatable bonds is 3. The third-order valence-corrected chi connectivity index (χ3v) is 8.37. The zero-order chi connectivity index (χ0) is 22.0. The predicted molar refractivity (Wildman–Crippen MR) is 118 cm³/mol. The second-order valence-corrected chi connectivity index (χ2v) is 10.1. The Bertz CT molecular complexity index is 1100. The van der Waals surface area contributed by atoms with E-state index in [1.54, 1.807) is 0 Å². The van der Waals surface area contributed by atoms with Crippen LogP contribution in [0.4, 0.5) is 14.6 Å². The lowest BCUT2D eigenvalue weighted by Crippen LogP contribution is -2.48. The van der Waals surface area contributed by atoms with Crippen LogP contribution in [0.25, 0.3) is 10.9 Å². The van der Waals surface area contributed by atoms with Gasteiger partial charge in [-0.05, 0) is 35.3 Å². The van der Waals surface area contributed by atoms with Crippen LogP contribution in [0.2, 0.25) is 5.02 Å². The van der Waals surface area contributed by atoms with Crippen molar-refractivity contribution >= 4 is 44.3 Å². The summed E-state index contributed by atoms with van der Waals surface area (Å²) >= 11 is 9.65. The molecule has 0 radical (unpaired) electrons. The number of alkyl halides is 1. The number of fused-ring (bicyclic) bond motifs is 3. The Morgan fingerprint density at radius 2 is 2.16 bits per heavy atom. The summed E-state index contributed by atoms with van der Waals surface area (Å²) in [6, 6.07) is -0.0201. The number of ether oxygens (including phenoxy) is 3. The molecular formula is C21H22BrClF2N4O3. The first-order valence-corrected chi connectivity index (χ1v) is 12.0. The molecule has 4 aliphatic heterocycles. The summed E-state index contributed by atoms with van der Waals surface area (Å²) in [4.78, 5) is 13.3. The van der Waals surface area contributed by atoms with Crippen LogP contribution >= 0.6 is 27.5 Å². The van der Waals surface area contributed by atoms with E-state index < -0.39 is 12.0 Å². The van der Waals surface area contributed by atoms with E-state index in [2.05, 4.69) is 30.8 Å². The highest BCUT2D eigenvalue weighted by Crippen LogP contribution is 2.47. The molecule has 0 amide bonds. The summed E-state index contributed by atoms with van der Waals surface area (Å²) in [5.41, 5.74) is -0.264. The molecule has 0 N–H and O–H groups in total. The third-order valence-electron chi connectivity index (χ3n) is 7.04. The van der Waals surface area contributed by atoms with E-state index >= 15 is 4.39 Å². The van der Waals surface area contributed by atoms with Gasteiger partial charge in [0.05, 0.1) is 34.7 Å². The van der Waals surface area contributed by atoms with Gasteiger partial charge in [0.25, 0.3) is 0 Å². The van der Waals surface area contributed by atoms with Crippen molar-refractivity contribution in [3.8, 4) is 11.8 Å². The molecule has 172 valence electrons. The normalized spacial score (nSPS) is 29.6. The molecule has 3 saturated heterocycles. The largest absolute Gasteiger partial charge is 0.489 e. The third kappa shape index (κ3) is 3.17. The molecule has 11 heteroatoms. The fourth-order valence-electron chi connectivity index (χ4n) is 5.51. The van der Waals surface area contributed by atoms with Crippen LogP contribution in [0, 0.1) is 5.82 Å². The highest BCUT2D eigenvalue weighted by Gasteiger charge is 2.49. The lowest BCUT2D eigenvalue weighted by molar-refractivity contribution is 0.0780. The van der Waals surface area contributed by atoms with Crippen molar-refractivity contribution < 1.29 is 23.0 Å². The minimum Gasteiger partial charge on any atom is -0.489 e. The van der Waals surface area contributed by atoms with E-state index in [0.717, 1.165) is 19.4 Å². The first-order chi connectivity index (χ1) is 15.5. The molecule has 0 spiro atoms. The summed E-state index contributed by atoms with van der Waals surface area (Å²) < 4.78 is 47.2. The highest BCUT2D eigenvalue weighted by atomic mass is 79.9. The molecule has 3 atom stereocenters. The summed E-state index contributed by atoms with van der Waals surface area (Å²) in [5.74, 6) is 0.278. The number of aromatic nitrogens is 2. The van der Waals surface area contributed by atoms with Gasteiger partial charge < -0.3 is 19.1 Å². The molecule has 0 saturated carbocycles. The van der Waals surface area contributed by atoms with Crippen LogP contribution in [0.15, 0.2) is 4.47 Å². The topological polar surface area (TPSA) is 60.0 Å². The lowest BCUT2D eigenvalue weighted by Gasteiger charge is -2.35. The van der Waals surface area contributed by atoms with Crippen LogP contribution in [-0.2, 0) is 4.74 Å². The maximum atomic E-state index is 15.3. The fraction of sp³-hybridized carbons (Fsp3) is 0.619. The first-order valence-electron chi connectivity index (χ1n) is 10.8. The standard InChI is InChI=1S/C21H22BrClF2N4O3/c22-14-15(23)18-13-17(16(14)25)26-20(27-19(13)29-4-5-30-8-12(29)9-31-18)32-10-21-2-1-3-28(21)7-11(24)6-21/h11-12H,1-10H2/t11-,12+,21+/m1/s1. The predicted octanol–water partition coefficient (Wildman–Crippen LogP) is 3.74. The van der Waals surface area contributed by atoms with Gasteiger partial charge in [0.2, 0.25) is 0 Å². The molecule has 3 fully saturated rings. The van der Waals surface area contributed by atoms with Crippen LogP contribution in [0.5, 0.6) is 11.8 Å². The van der Waals surface area contributed by atoms with Crippen LogP contribution < -0.4 is 14.4 Å². The summed E-state index contributed by atoms with van der Waals surface area (Å²) in [7, 11) is 0. The minimum absolute atomic E-state index is 0.0715. The molecular weight excluding hydrogens is 510 g/mol. The van der Waals surface area contributed by atoms with E-state index in [9.17, 15) is 4.39 Å². The Morgan fingerprint density at radius 3 is 3.03 bits per heavy atom. The van der Waals surface area contributed by atoms with Crippen molar-refractivity contribution in [1.82, 2.24) is 14.9 Å². The second kappa shape index (κ2) is 7.78. The van der Waals surface area contributed by atoms with Gasteiger partial charge in [-0.3, -0.25) is 4.90 Å². The van der Waals surface area contributed by atoms with E-state index in [0.29, 0.717) is 56.3 Å². The molecule has 0 unspecified atom stereocenters. The minimum atomic E-state index is -0.856. The van der Waals surface area contributed by atoms with Crippen LogP contribution in [-0.4, -0.2) is 78.7 Å². The Hall–Kier alpha value is -1.49. The molecule has 2 aromatic rings. The van der Waals surface area contributed by atoms with Gasteiger partial charge in [-0.1, -0.05) is 11.6 Å². The molecule has 1 aromatic heterocycles. The van der Waals surface area contributed by atoms with E-state index in [-0.39, 0.29) is 39.2 Å². The van der Waals surface area contributed by atoms with Crippen LogP contribution in [0.1, 0.15) is 19.3 Å². The molecule has 0 aliphatic carbocycles. The number of benzene rings is 1. The monoisotopic (exact) mass is 530 g/mol. The Kier molecular flexibility index (Phi) is 5.13.